The summed E-state index contributed by atoms with van der Waals surface area (Å²) >= 11 is 7.58. The Balaban J connectivity index is 2.80. The summed E-state index contributed by atoms with van der Waals surface area (Å²) in [4.78, 5) is 0. The van der Waals surface area contributed by atoms with Gasteiger partial charge in [0.25, 0.3) is 0 Å². The van der Waals surface area contributed by atoms with Crippen molar-refractivity contribution in [2.45, 2.75) is 12.8 Å². The average molecular weight is 227 g/mol. The third-order valence-electron chi connectivity index (χ3n) is 2.33. The van der Waals surface area contributed by atoms with Crippen LogP contribution >= 0.6 is 22.9 Å². The van der Waals surface area contributed by atoms with Gasteiger partial charge in [-0.05, 0) is 29.5 Å². The molecule has 0 atom stereocenters. The van der Waals surface area contributed by atoms with Crippen LogP contribution in [0.1, 0.15) is 11.1 Å². The van der Waals surface area contributed by atoms with Crippen LogP contribution in [-0.4, -0.2) is 7.11 Å². The highest BCUT2D eigenvalue weighted by Crippen LogP contribution is 2.36. The zero-order valence-electron chi connectivity index (χ0n) is 8.13. The molecule has 0 bridgehead atoms. The van der Waals surface area contributed by atoms with Crippen molar-refractivity contribution in [1.29, 1.82) is 0 Å². The topological polar surface area (TPSA) is 9.23 Å². The number of thiophene rings is 1. The first-order valence-electron chi connectivity index (χ1n) is 4.37. The van der Waals surface area contributed by atoms with Crippen molar-refractivity contribution in [3.8, 4) is 5.75 Å². The Bertz CT molecular complexity index is 462. The van der Waals surface area contributed by atoms with Gasteiger partial charge in [0, 0.05) is 11.3 Å². The Hall–Kier alpha value is -0.730. The first-order valence-corrected chi connectivity index (χ1v) is 5.79. The highest BCUT2D eigenvalue weighted by atomic mass is 35.5. The number of halogens is 1. The molecule has 0 aliphatic carbocycles. The number of methoxy groups -OCH3 is 1. The van der Waals surface area contributed by atoms with Crippen LogP contribution < -0.4 is 4.74 Å². The number of alkyl halides is 1. The second kappa shape index (κ2) is 3.79. The van der Waals surface area contributed by atoms with E-state index in [1.165, 1.54) is 21.2 Å². The molecule has 14 heavy (non-hydrogen) atoms. The molecular weight excluding hydrogens is 216 g/mol. The Kier molecular flexibility index (Phi) is 2.66. The van der Waals surface area contributed by atoms with E-state index in [0.29, 0.717) is 5.88 Å². The van der Waals surface area contributed by atoms with E-state index in [1.54, 1.807) is 18.4 Å². The number of benzene rings is 1. The highest BCUT2D eigenvalue weighted by molar-refractivity contribution is 7.17. The number of ether oxygens (including phenoxy) is 1. The molecule has 0 aliphatic rings. The third-order valence-corrected chi connectivity index (χ3v) is 3.67. The summed E-state index contributed by atoms with van der Waals surface area (Å²) in [5.74, 6) is 1.50. The fourth-order valence-corrected chi connectivity index (χ4v) is 3.07. The summed E-state index contributed by atoms with van der Waals surface area (Å²) in [6.45, 7) is 2.10. The van der Waals surface area contributed by atoms with Gasteiger partial charge in [-0.2, -0.15) is 0 Å². The lowest BCUT2D eigenvalue weighted by atomic mass is 10.1. The molecule has 0 N–H and O–H groups in total. The van der Waals surface area contributed by atoms with Crippen LogP contribution in [0.2, 0.25) is 0 Å². The molecule has 1 aromatic heterocycles. The van der Waals surface area contributed by atoms with Gasteiger partial charge in [-0.3, -0.25) is 0 Å². The van der Waals surface area contributed by atoms with E-state index < -0.39 is 0 Å². The summed E-state index contributed by atoms with van der Waals surface area (Å²) in [5, 5.41) is 3.36. The number of aryl methyl sites for hydroxylation is 1. The molecule has 0 amide bonds. The van der Waals surface area contributed by atoms with Gasteiger partial charge in [0.05, 0.1) is 11.8 Å². The molecule has 0 saturated heterocycles. The fourth-order valence-electron chi connectivity index (χ4n) is 1.63. The highest BCUT2D eigenvalue weighted by Gasteiger charge is 2.09. The minimum Gasteiger partial charge on any atom is -0.495 e. The summed E-state index contributed by atoms with van der Waals surface area (Å²) in [6, 6.07) is 4.08. The van der Waals surface area contributed by atoms with Crippen molar-refractivity contribution in [2.24, 2.45) is 0 Å². The number of hydrogen-bond donors (Lipinski definition) is 0. The fraction of sp³-hybridized carbons (Fsp3) is 0.273. The van der Waals surface area contributed by atoms with E-state index in [-0.39, 0.29) is 0 Å². The van der Waals surface area contributed by atoms with Crippen LogP contribution in [0.3, 0.4) is 0 Å². The zero-order valence-corrected chi connectivity index (χ0v) is 9.71. The lowest BCUT2D eigenvalue weighted by Crippen LogP contribution is -1.85. The van der Waals surface area contributed by atoms with E-state index in [0.717, 1.165) is 5.75 Å². The summed E-state index contributed by atoms with van der Waals surface area (Å²) in [6.07, 6.45) is 0. The third kappa shape index (κ3) is 1.39. The van der Waals surface area contributed by atoms with Gasteiger partial charge in [0.1, 0.15) is 5.75 Å². The summed E-state index contributed by atoms with van der Waals surface area (Å²) in [7, 11) is 1.70. The van der Waals surface area contributed by atoms with Gasteiger partial charge in [-0.25, -0.2) is 0 Å². The lowest BCUT2D eigenvalue weighted by Gasteiger charge is -2.04. The molecule has 0 fully saturated rings. The van der Waals surface area contributed by atoms with Crippen molar-refractivity contribution in [1.82, 2.24) is 0 Å². The molecule has 2 aromatic rings. The van der Waals surface area contributed by atoms with Crippen LogP contribution in [0.15, 0.2) is 17.5 Å². The van der Waals surface area contributed by atoms with Crippen molar-refractivity contribution in [2.75, 3.05) is 7.11 Å². The Labute approximate surface area is 92.3 Å². The summed E-state index contributed by atoms with van der Waals surface area (Å²) in [5.41, 5.74) is 2.46. The van der Waals surface area contributed by atoms with Crippen molar-refractivity contribution in [3.05, 3.63) is 28.6 Å². The Morgan fingerprint density at radius 3 is 2.86 bits per heavy atom. The number of hydrogen-bond acceptors (Lipinski definition) is 2. The maximum Gasteiger partial charge on any atom is 0.136 e. The van der Waals surface area contributed by atoms with Crippen molar-refractivity contribution >= 4 is 33.0 Å². The Morgan fingerprint density at radius 2 is 2.21 bits per heavy atom. The van der Waals surface area contributed by atoms with Gasteiger partial charge in [-0.1, -0.05) is 6.07 Å². The number of fused-ring (bicyclic) bond motifs is 1. The molecule has 1 aromatic carbocycles. The predicted molar refractivity (Wildman–Crippen MR) is 62.7 cm³/mol. The second-order valence-electron chi connectivity index (χ2n) is 3.18. The maximum atomic E-state index is 5.88. The molecule has 0 unspecified atom stereocenters. The average Bonchev–Trinajstić information content (AvgIpc) is 2.63. The number of rotatable bonds is 2. The normalized spacial score (nSPS) is 10.8. The van der Waals surface area contributed by atoms with Crippen LogP contribution in [0, 0.1) is 6.92 Å². The van der Waals surface area contributed by atoms with Crippen molar-refractivity contribution in [3.63, 3.8) is 0 Å². The van der Waals surface area contributed by atoms with E-state index in [2.05, 4.69) is 18.4 Å². The van der Waals surface area contributed by atoms with Crippen LogP contribution in [0.25, 0.3) is 10.1 Å². The minimum atomic E-state index is 0.563. The first kappa shape index (κ1) is 9.81. The molecule has 3 heteroatoms. The molecule has 74 valence electrons. The molecule has 0 radical (unpaired) electrons. The largest absolute Gasteiger partial charge is 0.495 e. The molecule has 1 nitrogen and oxygen atoms in total. The smallest absolute Gasteiger partial charge is 0.136 e. The van der Waals surface area contributed by atoms with Gasteiger partial charge >= 0.3 is 0 Å². The zero-order chi connectivity index (χ0) is 10.1. The van der Waals surface area contributed by atoms with E-state index in [4.69, 9.17) is 16.3 Å². The molecule has 1 heterocycles. The maximum absolute atomic E-state index is 5.88. The Morgan fingerprint density at radius 1 is 1.43 bits per heavy atom. The van der Waals surface area contributed by atoms with E-state index in [9.17, 15) is 0 Å². The van der Waals surface area contributed by atoms with Crippen LogP contribution in [0.4, 0.5) is 0 Å². The van der Waals surface area contributed by atoms with Crippen molar-refractivity contribution < 1.29 is 4.74 Å². The van der Waals surface area contributed by atoms with Gasteiger partial charge in [-0.15, -0.1) is 22.9 Å². The molecular formula is C11H11ClOS. The van der Waals surface area contributed by atoms with Crippen LogP contribution in [0.5, 0.6) is 5.75 Å². The first-order chi connectivity index (χ1) is 6.77. The van der Waals surface area contributed by atoms with E-state index >= 15 is 0 Å². The monoisotopic (exact) mass is 226 g/mol. The molecule has 0 saturated carbocycles. The molecule has 0 aliphatic heterocycles. The standard InChI is InChI=1S/C11H11ClOS/c1-7-3-4-9(13-2)11-10(7)8(5-12)6-14-11/h3-4,6H,5H2,1-2H3. The quantitative estimate of drug-likeness (QED) is 0.705. The van der Waals surface area contributed by atoms with Gasteiger partial charge in [0.2, 0.25) is 0 Å². The second-order valence-corrected chi connectivity index (χ2v) is 4.33. The van der Waals surface area contributed by atoms with Gasteiger partial charge in [0.15, 0.2) is 0 Å². The minimum absolute atomic E-state index is 0.563. The molecule has 2 rings (SSSR count). The van der Waals surface area contributed by atoms with Gasteiger partial charge < -0.3 is 4.74 Å². The SMILES string of the molecule is COc1ccc(C)c2c(CCl)csc12. The predicted octanol–water partition coefficient (Wildman–Crippen LogP) is 3.96. The van der Waals surface area contributed by atoms with Crippen LogP contribution in [-0.2, 0) is 5.88 Å². The molecule has 0 spiro atoms. The lowest BCUT2D eigenvalue weighted by molar-refractivity contribution is 0.420. The van der Waals surface area contributed by atoms with E-state index in [1.807, 2.05) is 6.07 Å². The summed E-state index contributed by atoms with van der Waals surface area (Å²) < 4.78 is 6.50.